The molecule has 1 aromatic heterocycles. The summed E-state index contributed by atoms with van der Waals surface area (Å²) in [7, 11) is -0.389. The smallest absolute Gasteiger partial charge is 0.274 e. The van der Waals surface area contributed by atoms with Crippen LogP contribution in [0.25, 0.3) is 10.9 Å². The molecule has 1 aromatic carbocycles. The summed E-state index contributed by atoms with van der Waals surface area (Å²) in [6, 6.07) is 3.88. The third kappa shape index (κ3) is 5.02. The number of hydrogen-bond donors (Lipinski definition) is 2. The number of rotatable bonds is 8. The van der Waals surface area contributed by atoms with Gasteiger partial charge in [-0.25, -0.2) is 19.8 Å². The second-order valence-corrected chi connectivity index (χ2v) is 9.84. The molecule has 170 valence electrons. The van der Waals surface area contributed by atoms with Crippen LogP contribution in [0.4, 0.5) is 5.82 Å². The Hall–Kier alpha value is -2.17. The minimum absolute atomic E-state index is 0.347. The van der Waals surface area contributed by atoms with Crippen LogP contribution in [-0.2, 0) is 10.2 Å². The van der Waals surface area contributed by atoms with E-state index in [0.29, 0.717) is 29.9 Å². The minimum atomic E-state index is -3.64. The lowest BCUT2D eigenvalue weighted by molar-refractivity contribution is 0.355. The van der Waals surface area contributed by atoms with Gasteiger partial charge in [-0.15, -0.1) is 0 Å². The lowest BCUT2D eigenvalue weighted by Gasteiger charge is -2.41. The van der Waals surface area contributed by atoms with Crippen molar-refractivity contribution in [3.8, 4) is 11.5 Å². The van der Waals surface area contributed by atoms with Gasteiger partial charge in [-0.05, 0) is 31.2 Å². The molecular weight excluding hydrogens is 418 g/mol. The SMILES string of the molecule is COc1cc2nc(C3CCCCC3)nc(N3CC(CCNS(N)(=O)=O)C3)c2cc1OC. The van der Waals surface area contributed by atoms with Gasteiger partial charge in [0.2, 0.25) is 0 Å². The van der Waals surface area contributed by atoms with Gasteiger partial charge in [-0.3, -0.25) is 0 Å². The molecule has 0 radical (unpaired) electrons. The monoisotopic (exact) mass is 449 g/mol. The summed E-state index contributed by atoms with van der Waals surface area (Å²) in [5.41, 5.74) is 0.863. The first-order chi connectivity index (χ1) is 14.9. The number of ether oxygens (including phenoxy) is 2. The second-order valence-electron chi connectivity index (χ2n) is 8.46. The predicted octanol–water partition coefficient (Wildman–Crippen LogP) is 2.31. The molecular formula is C21H31N5O4S. The molecule has 1 saturated carbocycles. The fourth-order valence-corrected chi connectivity index (χ4v) is 4.97. The number of methoxy groups -OCH3 is 2. The average molecular weight is 450 g/mol. The lowest BCUT2D eigenvalue weighted by Crippen LogP contribution is -2.48. The molecule has 0 atom stereocenters. The summed E-state index contributed by atoms with van der Waals surface area (Å²) < 4.78 is 35.5. The van der Waals surface area contributed by atoms with E-state index < -0.39 is 10.2 Å². The highest BCUT2D eigenvalue weighted by atomic mass is 32.2. The zero-order valence-corrected chi connectivity index (χ0v) is 19.0. The van der Waals surface area contributed by atoms with Gasteiger partial charge in [-0.1, -0.05) is 19.3 Å². The largest absolute Gasteiger partial charge is 0.493 e. The second kappa shape index (κ2) is 9.13. The van der Waals surface area contributed by atoms with E-state index in [-0.39, 0.29) is 0 Å². The highest BCUT2D eigenvalue weighted by Crippen LogP contribution is 2.39. The molecule has 0 unspecified atom stereocenters. The van der Waals surface area contributed by atoms with Crippen molar-refractivity contribution in [1.82, 2.24) is 14.7 Å². The van der Waals surface area contributed by atoms with Crippen LogP contribution in [0, 0.1) is 5.92 Å². The molecule has 10 heteroatoms. The highest BCUT2D eigenvalue weighted by molar-refractivity contribution is 7.87. The van der Waals surface area contributed by atoms with Gasteiger partial charge in [0.25, 0.3) is 10.2 Å². The van der Waals surface area contributed by atoms with Crippen LogP contribution < -0.4 is 24.2 Å². The Bertz CT molecular complexity index is 1030. The first kappa shape index (κ1) is 22.0. The number of aromatic nitrogens is 2. The molecule has 1 aliphatic heterocycles. The molecule has 0 spiro atoms. The summed E-state index contributed by atoms with van der Waals surface area (Å²) in [4.78, 5) is 12.2. The minimum Gasteiger partial charge on any atom is -0.493 e. The quantitative estimate of drug-likeness (QED) is 0.634. The summed E-state index contributed by atoms with van der Waals surface area (Å²) in [5, 5.41) is 5.95. The average Bonchev–Trinajstić information content (AvgIpc) is 2.73. The van der Waals surface area contributed by atoms with Gasteiger partial charge < -0.3 is 14.4 Å². The van der Waals surface area contributed by atoms with Gasteiger partial charge in [0, 0.05) is 37.0 Å². The topological polar surface area (TPSA) is 120 Å². The van der Waals surface area contributed by atoms with Crippen molar-refractivity contribution in [2.75, 3.05) is 38.8 Å². The third-order valence-electron chi connectivity index (χ3n) is 6.28. The molecule has 9 nitrogen and oxygen atoms in total. The van der Waals surface area contributed by atoms with Gasteiger partial charge >= 0.3 is 0 Å². The van der Waals surface area contributed by atoms with Crippen molar-refractivity contribution >= 4 is 26.9 Å². The maximum atomic E-state index is 11.1. The Kier molecular flexibility index (Phi) is 6.49. The van der Waals surface area contributed by atoms with E-state index in [1.54, 1.807) is 14.2 Å². The normalized spacial score (nSPS) is 18.2. The van der Waals surface area contributed by atoms with E-state index in [0.717, 1.165) is 54.9 Å². The van der Waals surface area contributed by atoms with Crippen molar-refractivity contribution in [1.29, 1.82) is 0 Å². The van der Waals surface area contributed by atoms with E-state index in [2.05, 4.69) is 9.62 Å². The van der Waals surface area contributed by atoms with Crippen LogP contribution in [0.2, 0.25) is 0 Å². The molecule has 1 aliphatic carbocycles. The van der Waals surface area contributed by atoms with E-state index in [1.807, 2.05) is 12.1 Å². The summed E-state index contributed by atoms with van der Waals surface area (Å²) in [5.74, 6) is 3.92. The van der Waals surface area contributed by atoms with Gasteiger partial charge in [0.15, 0.2) is 11.5 Å². The number of hydrogen-bond acceptors (Lipinski definition) is 7. The van der Waals surface area contributed by atoms with Crippen molar-refractivity contribution in [2.24, 2.45) is 11.1 Å². The third-order valence-corrected chi connectivity index (χ3v) is 6.89. The van der Waals surface area contributed by atoms with Crippen LogP contribution in [0.15, 0.2) is 12.1 Å². The Labute approximate surface area is 183 Å². The summed E-state index contributed by atoms with van der Waals surface area (Å²) in [6.45, 7) is 1.98. The Morgan fingerprint density at radius 3 is 2.42 bits per heavy atom. The van der Waals surface area contributed by atoms with Crippen LogP contribution in [0.5, 0.6) is 11.5 Å². The summed E-state index contributed by atoms with van der Waals surface area (Å²) in [6.07, 6.45) is 6.71. The van der Waals surface area contributed by atoms with E-state index in [1.165, 1.54) is 19.3 Å². The first-order valence-corrected chi connectivity index (χ1v) is 12.4. The molecule has 0 bridgehead atoms. The van der Waals surface area contributed by atoms with Crippen LogP contribution in [-0.4, -0.2) is 52.2 Å². The number of anilines is 1. The van der Waals surface area contributed by atoms with E-state index >= 15 is 0 Å². The molecule has 31 heavy (non-hydrogen) atoms. The van der Waals surface area contributed by atoms with Crippen molar-refractivity contribution < 1.29 is 17.9 Å². The van der Waals surface area contributed by atoms with Gasteiger partial charge in [0.1, 0.15) is 11.6 Å². The number of nitrogens with zero attached hydrogens (tertiary/aromatic N) is 3. The van der Waals surface area contributed by atoms with Gasteiger partial charge in [-0.2, -0.15) is 8.42 Å². The van der Waals surface area contributed by atoms with Crippen molar-refractivity contribution in [3.63, 3.8) is 0 Å². The number of benzene rings is 1. The van der Waals surface area contributed by atoms with Gasteiger partial charge in [0.05, 0.1) is 19.7 Å². The fourth-order valence-electron chi connectivity index (χ4n) is 4.57. The zero-order chi connectivity index (χ0) is 22.0. The lowest BCUT2D eigenvalue weighted by atomic mass is 9.88. The Balaban J connectivity index is 1.61. The Morgan fingerprint density at radius 2 is 1.77 bits per heavy atom. The predicted molar refractivity (Wildman–Crippen MR) is 120 cm³/mol. The van der Waals surface area contributed by atoms with Crippen LogP contribution in [0.3, 0.4) is 0 Å². The molecule has 0 amide bonds. The molecule has 4 rings (SSSR count). The number of nitrogens with one attached hydrogen (secondary N) is 1. The van der Waals surface area contributed by atoms with Crippen molar-refractivity contribution in [3.05, 3.63) is 18.0 Å². The van der Waals surface area contributed by atoms with Crippen LogP contribution in [0.1, 0.15) is 50.3 Å². The van der Waals surface area contributed by atoms with Crippen LogP contribution >= 0.6 is 0 Å². The summed E-state index contributed by atoms with van der Waals surface area (Å²) >= 11 is 0. The number of fused-ring (bicyclic) bond motifs is 1. The highest BCUT2D eigenvalue weighted by Gasteiger charge is 2.31. The molecule has 2 aromatic rings. The molecule has 2 fully saturated rings. The zero-order valence-electron chi connectivity index (χ0n) is 18.1. The number of nitrogens with two attached hydrogens (primary N) is 1. The molecule has 2 aliphatic rings. The maximum Gasteiger partial charge on any atom is 0.274 e. The van der Waals surface area contributed by atoms with Crippen molar-refractivity contribution in [2.45, 2.75) is 44.4 Å². The molecule has 3 N–H and O–H groups in total. The fraction of sp³-hybridized carbons (Fsp3) is 0.619. The van der Waals surface area contributed by atoms with E-state index in [4.69, 9.17) is 24.6 Å². The standard InChI is InChI=1S/C21H31N5O4S/c1-29-18-10-16-17(11-19(18)30-2)24-20(15-6-4-3-5-7-15)25-21(16)26-12-14(13-26)8-9-23-31(22,27)28/h10-11,14-15,23H,3-9,12-13H2,1-2H3,(H2,22,27,28). The van der Waals surface area contributed by atoms with E-state index in [9.17, 15) is 8.42 Å². The molecule has 2 heterocycles. The first-order valence-electron chi connectivity index (χ1n) is 10.8. The maximum absolute atomic E-state index is 11.1. The molecule has 1 saturated heterocycles. The Morgan fingerprint density at radius 1 is 1.10 bits per heavy atom.